The van der Waals surface area contributed by atoms with Crippen LogP contribution in [-0.4, -0.2) is 15.6 Å². The molecule has 0 aliphatic rings. The van der Waals surface area contributed by atoms with E-state index in [-0.39, 0.29) is 11.1 Å². The molecule has 0 atom stereocenters. The van der Waals surface area contributed by atoms with Gasteiger partial charge in [-0.1, -0.05) is 11.6 Å². The van der Waals surface area contributed by atoms with Crippen LogP contribution in [0.25, 0.3) is 5.69 Å². The minimum atomic E-state index is -1.09. The van der Waals surface area contributed by atoms with Crippen LogP contribution in [0.4, 0.5) is 0 Å². The molecule has 2 rings (SSSR count). The van der Waals surface area contributed by atoms with E-state index in [0.29, 0.717) is 15.2 Å². The lowest BCUT2D eigenvalue weighted by molar-refractivity contribution is 0.0696. The molecule has 4 nitrogen and oxygen atoms in total. The maximum atomic E-state index is 11.7. The summed E-state index contributed by atoms with van der Waals surface area (Å²) in [6, 6.07) is 7.38. The highest BCUT2D eigenvalue weighted by Crippen LogP contribution is 2.24. The number of carbonyl (C=O) groups is 1. The zero-order valence-corrected chi connectivity index (χ0v) is 11.3. The Labute approximate surface area is 116 Å². The first-order valence-electron chi connectivity index (χ1n) is 4.90. The second kappa shape index (κ2) is 4.96. The lowest BCUT2D eigenvalue weighted by atomic mass is 10.2. The Bertz CT molecular complexity index is 681. The molecule has 0 saturated heterocycles. The number of aromatic carboxylic acids is 1. The van der Waals surface area contributed by atoms with Crippen molar-refractivity contribution in [2.75, 3.05) is 0 Å². The molecular formula is C12H7BrClNO3. The Kier molecular flexibility index (Phi) is 3.54. The van der Waals surface area contributed by atoms with Crippen LogP contribution in [0.3, 0.4) is 0 Å². The van der Waals surface area contributed by atoms with Gasteiger partial charge in [-0.3, -0.25) is 9.36 Å². The van der Waals surface area contributed by atoms with Gasteiger partial charge in [-0.15, -0.1) is 0 Å². The predicted molar refractivity (Wildman–Crippen MR) is 71.7 cm³/mol. The number of rotatable bonds is 2. The molecule has 1 heterocycles. The monoisotopic (exact) mass is 327 g/mol. The van der Waals surface area contributed by atoms with E-state index in [4.69, 9.17) is 16.7 Å². The maximum absolute atomic E-state index is 11.7. The van der Waals surface area contributed by atoms with Crippen molar-refractivity contribution < 1.29 is 9.90 Å². The van der Waals surface area contributed by atoms with E-state index in [1.165, 1.54) is 22.9 Å². The molecule has 0 bridgehead atoms. The Morgan fingerprint density at radius 1 is 1.28 bits per heavy atom. The number of aromatic nitrogens is 1. The van der Waals surface area contributed by atoms with Crippen LogP contribution < -0.4 is 5.56 Å². The molecule has 1 aromatic carbocycles. The van der Waals surface area contributed by atoms with Gasteiger partial charge < -0.3 is 5.11 Å². The third kappa shape index (κ3) is 2.47. The van der Waals surface area contributed by atoms with Crippen LogP contribution in [-0.2, 0) is 0 Å². The van der Waals surface area contributed by atoms with E-state index in [2.05, 4.69) is 15.9 Å². The molecule has 6 heteroatoms. The average Bonchev–Trinajstić information content (AvgIpc) is 2.30. The highest BCUT2D eigenvalue weighted by molar-refractivity contribution is 9.10. The van der Waals surface area contributed by atoms with Gasteiger partial charge in [-0.05, 0) is 40.2 Å². The number of halogens is 2. The Balaban J connectivity index is 2.66. The Hall–Kier alpha value is -1.59. The van der Waals surface area contributed by atoms with E-state index >= 15 is 0 Å². The first kappa shape index (κ1) is 12.9. The van der Waals surface area contributed by atoms with Crippen LogP contribution in [0.15, 0.2) is 45.8 Å². The largest absolute Gasteiger partial charge is 0.478 e. The Morgan fingerprint density at radius 3 is 2.61 bits per heavy atom. The number of carboxylic acid groups (broad SMARTS) is 1. The van der Waals surface area contributed by atoms with Gasteiger partial charge in [0.05, 0.1) is 11.3 Å². The lowest BCUT2D eigenvalue weighted by Crippen LogP contribution is -2.18. The standard InChI is InChI=1S/C12H7BrClNO3/c13-9-5-8(14)2-3-10(9)15-6-7(12(17)18)1-4-11(15)16/h1-6H,(H,17,18). The minimum absolute atomic E-state index is 0.0384. The van der Waals surface area contributed by atoms with Crippen molar-refractivity contribution in [2.24, 2.45) is 0 Å². The zero-order valence-electron chi connectivity index (χ0n) is 8.93. The van der Waals surface area contributed by atoms with Gasteiger partial charge in [0, 0.05) is 21.8 Å². The third-order valence-electron chi connectivity index (χ3n) is 2.33. The predicted octanol–water partition coefficient (Wildman–Crippen LogP) is 2.95. The van der Waals surface area contributed by atoms with Gasteiger partial charge in [0.15, 0.2) is 0 Å². The molecule has 92 valence electrons. The van der Waals surface area contributed by atoms with Gasteiger partial charge >= 0.3 is 5.97 Å². The molecule has 0 fully saturated rings. The van der Waals surface area contributed by atoms with E-state index in [0.717, 1.165) is 0 Å². The van der Waals surface area contributed by atoms with Crippen molar-refractivity contribution in [1.29, 1.82) is 0 Å². The fraction of sp³-hybridized carbons (Fsp3) is 0. The fourth-order valence-electron chi connectivity index (χ4n) is 1.48. The van der Waals surface area contributed by atoms with Crippen molar-refractivity contribution in [2.45, 2.75) is 0 Å². The molecule has 2 aromatic rings. The van der Waals surface area contributed by atoms with Crippen molar-refractivity contribution >= 4 is 33.5 Å². The molecule has 0 unspecified atom stereocenters. The first-order chi connectivity index (χ1) is 8.49. The highest BCUT2D eigenvalue weighted by Gasteiger charge is 2.09. The maximum Gasteiger partial charge on any atom is 0.337 e. The van der Waals surface area contributed by atoms with E-state index < -0.39 is 5.97 Å². The summed E-state index contributed by atoms with van der Waals surface area (Å²) in [5.41, 5.74) is 0.256. The quantitative estimate of drug-likeness (QED) is 0.922. The highest BCUT2D eigenvalue weighted by atomic mass is 79.9. The lowest BCUT2D eigenvalue weighted by Gasteiger charge is -2.09. The van der Waals surface area contributed by atoms with Gasteiger partial charge in [0.2, 0.25) is 0 Å². The van der Waals surface area contributed by atoms with Crippen molar-refractivity contribution in [3.8, 4) is 5.69 Å². The summed E-state index contributed by atoms with van der Waals surface area (Å²) < 4.78 is 1.86. The second-order valence-electron chi connectivity index (χ2n) is 3.53. The molecule has 0 aliphatic carbocycles. The van der Waals surface area contributed by atoms with E-state index in [1.807, 2.05) is 0 Å². The summed E-state index contributed by atoms with van der Waals surface area (Å²) in [5.74, 6) is -1.09. The molecule has 0 radical (unpaired) electrons. The van der Waals surface area contributed by atoms with Crippen molar-refractivity contribution in [1.82, 2.24) is 4.57 Å². The van der Waals surface area contributed by atoms with Gasteiger partial charge in [0.25, 0.3) is 5.56 Å². The SMILES string of the molecule is O=C(O)c1ccc(=O)n(-c2ccc(Cl)cc2Br)c1. The molecule has 0 aliphatic heterocycles. The summed E-state index contributed by atoms with van der Waals surface area (Å²) in [5, 5.41) is 9.43. The van der Waals surface area contributed by atoms with Crippen LogP contribution in [0.5, 0.6) is 0 Å². The van der Waals surface area contributed by atoms with E-state index in [1.54, 1.807) is 18.2 Å². The molecule has 1 N–H and O–H groups in total. The van der Waals surface area contributed by atoms with Gasteiger partial charge in [-0.25, -0.2) is 4.79 Å². The number of nitrogens with zero attached hydrogens (tertiary/aromatic N) is 1. The summed E-state index contributed by atoms with van der Waals surface area (Å²) in [4.78, 5) is 22.6. The van der Waals surface area contributed by atoms with E-state index in [9.17, 15) is 9.59 Å². The number of pyridine rings is 1. The minimum Gasteiger partial charge on any atom is -0.478 e. The topological polar surface area (TPSA) is 59.3 Å². The second-order valence-corrected chi connectivity index (χ2v) is 4.82. The number of hydrogen-bond acceptors (Lipinski definition) is 2. The molecule has 18 heavy (non-hydrogen) atoms. The van der Waals surface area contributed by atoms with Crippen molar-refractivity contribution in [3.05, 3.63) is 61.9 Å². The third-order valence-corrected chi connectivity index (χ3v) is 3.20. The summed E-state index contributed by atoms with van der Waals surface area (Å²) in [6.45, 7) is 0. The molecule has 1 aromatic heterocycles. The van der Waals surface area contributed by atoms with Crippen LogP contribution in [0, 0.1) is 0 Å². The summed E-state index contributed by atoms with van der Waals surface area (Å²) in [6.07, 6.45) is 1.28. The molecule has 0 saturated carbocycles. The molecular weight excluding hydrogens is 321 g/mol. The number of benzene rings is 1. The molecule has 0 amide bonds. The smallest absolute Gasteiger partial charge is 0.337 e. The first-order valence-corrected chi connectivity index (χ1v) is 6.07. The van der Waals surface area contributed by atoms with Gasteiger partial charge in [0.1, 0.15) is 0 Å². The zero-order chi connectivity index (χ0) is 13.3. The normalized spacial score (nSPS) is 10.3. The van der Waals surface area contributed by atoms with Crippen LogP contribution in [0.1, 0.15) is 10.4 Å². The summed E-state index contributed by atoms with van der Waals surface area (Å²) >= 11 is 9.10. The number of hydrogen-bond donors (Lipinski definition) is 1. The fourth-order valence-corrected chi connectivity index (χ4v) is 2.35. The summed E-state index contributed by atoms with van der Waals surface area (Å²) in [7, 11) is 0. The van der Waals surface area contributed by atoms with Crippen LogP contribution >= 0.6 is 27.5 Å². The average molecular weight is 329 g/mol. The van der Waals surface area contributed by atoms with Crippen molar-refractivity contribution in [3.63, 3.8) is 0 Å². The molecule has 0 spiro atoms. The number of carboxylic acids is 1. The van der Waals surface area contributed by atoms with Gasteiger partial charge in [-0.2, -0.15) is 0 Å². The van der Waals surface area contributed by atoms with Crippen LogP contribution in [0.2, 0.25) is 5.02 Å². The Morgan fingerprint density at radius 2 is 2.00 bits per heavy atom.